The normalized spacial score (nSPS) is 25.8. The summed E-state index contributed by atoms with van der Waals surface area (Å²) < 4.78 is 19.8. The molecule has 0 aliphatic carbocycles. The number of hydrogen-bond acceptors (Lipinski definition) is 3. The summed E-state index contributed by atoms with van der Waals surface area (Å²) in [5.41, 5.74) is 0.843. The second kappa shape index (κ2) is 6.01. The van der Waals surface area contributed by atoms with Crippen LogP contribution in [-0.2, 0) is 11.3 Å². The van der Waals surface area contributed by atoms with Gasteiger partial charge in [0.1, 0.15) is 5.82 Å². The van der Waals surface area contributed by atoms with Crippen molar-refractivity contribution in [3.8, 4) is 0 Å². The fourth-order valence-corrected chi connectivity index (χ4v) is 3.55. The van der Waals surface area contributed by atoms with E-state index in [-0.39, 0.29) is 11.4 Å². The lowest BCUT2D eigenvalue weighted by molar-refractivity contribution is -0.0453. The maximum Gasteiger partial charge on any atom is 0.145 e. The number of ether oxygens (including phenoxy) is 1. The van der Waals surface area contributed by atoms with Gasteiger partial charge in [0.05, 0.1) is 18.4 Å². The van der Waals surface area contributed by atoms with Gasteiger partial charge < -0.3 is 4.74 Å². The monoisotopic (exact) mass is 292 g/mol. The number of likely N-dealkylation sites (tertiary alicyclic amines) is 1. The molecule has 21 heavy (non-hydrogen) atoms. The standard InChI is InChI=1S/C17H25FN2O/c1-13(2)15-9-17(21-12-15)4-7-20(8-5-17)11-14-3-6-19-10-16(14)18/h3,6,10,13,15H,4-5,7-9,11-12H2,1-2H3/t15-/m1/s1. The summed E-state index contributed by atoms with van der Waals surface area (Å²) in [5.74, 6) is 1.21. The number of pyridine rings is 1. The van der Waals surface area contributed by atoms with Gasteiger partial charge in [0.15, 0.2) is 0 Å². The first kappa shape index (κ1) is 14.9. The molecule has 2 aliphatic rings. The molecule has 1 spiro atoms. The van der Waals surface area contributed by atoms with Gasteiger partial charge in [0.25, 0.3) is 0 Å². The SMILES string of the molecule is CC(C)[C@H]1COC2(CCN(Cc3ccncc3F)CC2)C1. The third kappa shape index (κ3) is 3.27. The molecular formula is C17H25FN2O. The third-order valence-electron chi connectivity index (χ3n) is 5.20. The lowest BCUT2D eigenvalue weighted by atomic mass is 9.82. The molecule has 2 aliphatic heterocycles. The lowest BCUT2D eigenvalue weighted by Crippen LogP contribution is -2.43. The van der Waals surface area contributed by atoms with Crippen molar-refractivity contribution in [2.24, 2.45) is 11.8 Å². The molecule has 3 heterocycles. The van der Waals surface area contributed by atoms with Crippen LogP contribution in [0, 0.1) is 17.7 Å². The predicted molar refractivity (Wildman–Crippen MR) is 80.3 cm³/mol. The maximum atomic E-state index is 13.7. The summed E-state index contributed by atoms with van der Waals surface area (Å²) in [5, 5.41) is 0. The van der Waals surface area contributed by atoms with Crippen LogP contribution in [0.1, 0.15) is 38.7 Å². The molecule has 116 valence electrons. The first-order valence-corrected chi connectivity index (χ1v) is 8.03. The van der Waals surface area contributed by atoms with Gasteiger partial charge in [-0.05, 0) is 37.2 Å². The molecule has 2 fully saturated rings. The zero-order chi connectivity index (χ0) is 14.9. The molecule has 1 aromatic rings. The Kier molecular flexibility index (Phi) is 4.27. The highest BCUT2D eigenvalue weighted by molar-refractivity contribution is 5.12. The van der Waals surface area contributed by atoms with Crippen molar-refractivity contribution in [2.45, 2.75) is 45.3 Å². The van der Waals surface area contributed by atoms with Crippen molar-refractivity contribution in [3.63, 3.8) is 0 Å². The van der Waals surface area contributed by atoms with Gasteiger partial charge in [-0.1, -0.05) is 13.8 Å². The molecule has 0 saturated carbocycles. The minimum Gasteiger partial charge on any atom is -0.375 e. The van der Waals surface area contributed by atoms with Gasteiger partial charge >= 0.3 is 0 Å². The Bertz CT molecular complexity index is 483. The van der Waals surface area contributed by atoms with Gasteiger partial charge in [-0.2, -0.15) is 0 Å². The van der Waals surface area contributed by atoms with Crippen LogP contribution in [0.2, 0.25) is 0 Å². The largest absolute Gasteiger partial charge is 0.375 e. The molecule has 3 nitrogen and oxygen atoms in total. The second-order valence-electron chi connectivity index (χ2n) is 6.95. The molecule has 0 radical (unpaired) electrons. The first-order valence-electron chi connectivity index (χ1n) is 8.03. The fraction of sp³-hybridized carbons (Fsp3) is 0.706. The Morgan fingerprint density at radius 3 is 2.81 bits per heavy atom. The zero-order valence-electron chi connectivity index (χ0n) is 13.0. The third-order valence-corrected chi connectivity index (χ3v) is 5.20. The summed E-state index contributed by atoms with van der Waals surface area (Å²) in [6.45, 7) is 8.15. The number of halogens is 1. The smallest absolute Gasteiger partial charge is 0.145 e. The van der Waals surface area contributed by atoms with Crippen LogP contribution in [-0.4, -0.2) is 35.2 Å². The summed E-state index contributed by atoms with van der Waals surface area (Å²) in [6, 6.07) is 1.78. The van der Waals surface area contributed by atoms with Crippen LogP contribution in [0.15, 0.2) is 18.5 Å². The van der Waals surface area contributed by atoms with E-state index in [4.69, 9.17) is 4.74 Å². The van der Waals surface area contributed by atoms with Crippen LogP contribution < -0.4 is 0 Å². The number of piperidine rings is 1. The lowest BCUT2D eigenvalue weighted by Gasteiger charge is -2.39. The average Bonchev–Trinajstić information content (AvgIpc) is 2.89. The van der Waals surface area contributed by atoms with E-state index in [0.717, 1.165) is 38.1 Å². The van der Waals surface area contributed by atoms with Crippen LogP contribution in [0.3, 0.4) is 0 Å². The van der Waals surface area contributed by atoms with E-state index < -0.39 is 0 Å². The van der Waals surface area contributed by atoms with Gasteiger partial charge in [-0.15, -0.1) is 0 Å². The number of hydrogen-bond donors (Lipinski definition) is 0. The van der Waals surface area contributed by atoms with E-state index in [9.17, 15) is 4.39 Å². The summed E-state index contributed by atoms with van der Waals surface area (Å²) >= 11 is 0. The molecule has 0 unspecified atom stereocenters. The molecule has 0 amide bonds. The van der Waals surface area contributed by atoms with Crippen molar-refractivity contribution in [1.29, 1.82) is 0 Å². The molecule has 0 N–H and O–H groups in total. The fourth-order valence-electron chi connectivity index (χ4n) is 3.55. The van der Waals surface area contributed by atoms with E-state index >= 15 is 0 Å². The van der Waals surface area contributed by atoms with Crippen LogP contribution in [0.5, 0.6) is 0 Å². The van der Waals surface area contributed by atoms with E-state index in [1.807, 2.05) is 0 Å². The minimum atomic E-state index is -0.199. The predicted octanol–water partition coefficient (Wildman–Crippen LogP) is 3.25. The second-order valence-corrected chi connectivity index (χ2v) is 6.95. The van der Waals surface area contributed by atoms with Gasteiger partial charge in [0, 0.05) is 31.4 Å². The minimum absolute atomic E-state index is 0.0994. The topological polar surface area (TPSA) is 25.4 Å². The maximum absolute atomic E-state index is 13.7. The van der Waals surface area contributed by atoms with E-state index in [1.165, 1.54) is 12.6 Å². The molecule has 0 bridgehead atoms. The molecule has 4 heteroatoms. The first-order chi connectivity index (χ1) is 10.1. The van der Waals surface area contributed by atoms with E-state index in [1.54, 1.807) is 12.3 Å². The van der Waals surface area contributed by atoms with Crippen LogP contribution >= 0.6 is 0 Å². The molecule has 1 aromatic heterocycles. The molecular weight excluding hydrogens is 267 g/mol. The molecule has 1 atom stereocenters. The Hall–Kier alpha value is -1.00. The summed E-state index contributed by atoms with van der Waals surface area (Å²) in [6.07, 6.45) is 6.30. The van der Waals surface area contributed by atoms with Crippen molar-refractivity contribution in [1.82, 2.24) is 9.88 Å². The average molecular weight is 292 g/mol. The van der Waals surface area contributed by atoms with E-state index in [2.05, 4.69) is 23.7 Å². The van der Waals surface area contributed by atoms with Crippen molar-refractivity contribution in [3.05, 3.63) is 29.8 Å². The zero-order valence-corrected chi connectivity index (χ0v) is 13.0. The van der Waals surface area contributed by atoms with Crippen molar-refractivity contribution >= 4 is 0 Å². The Balaban J connectivity index is 1.55. The summed E-state index contributed by atoms with van der Waals surface area (Å²) in [7, 11) is 0. The quantitative estimate of drug-likeness (QED) is 0.855. The Morgan fingerprint density at radius 1 is 1.43 bits per heavy atom. The highest BCUT2D eigenvalue weighted by Gasteiger charge is 2.43. The van der Waals surface area contributed by atoms with Crippen LogP contribution in [0.25, 0.3) is 0 Å². The molecule has 0 aromatic carbocycles. The number of rotatable bonds is 3. The van der Waals surface area contributed by atoms with Crippen molar-refractivity contribution < 1.29 is 9.13 Å². The number of aromatic nitrogens is 1. The molecule has 3 rings (SSSR count). The van der Waals surface area contributed by atoms with E-state index in [0.29, 0.717) is 18.4 Å². The van der Waals surface area contributed by atoms with Crippen LogP contribution in [0.4, 0.5) is 4.39 Å². The Labute approximate surface area is 126 Å². The number of nitrogens with zero attached hydrogens (tertiary/aromatic N) is 2. The van der Waals surface area contributed by atoms with Crippen molar-refractivity contribution in [2.75, 3.05) is 19.7 Å². The highest BCUT2D eigenvalue weighted by atomic mass is 19.1. The van der Waals surface area contributed by atoms with Gasteiger partial charge in [-0.25, -0.2) is 4.39 Å². The van der Waals surface area contributed by atoms with Gasteiger partial charge in [-0.3, -0.25) is 9.88 Å². The highest BCUT2D eigenvalue weighted by Crippen LogP contribution is 2.41. The van der Waals surface area contributed by atoms with Gasteiger partial charge in [0.2, 0.25) is 0 Å². The summed E-state index contributed by atoms with van der Waals surface area (Å²) in [4.78, 5) is 6.14. The Morgan fingerprint density at radius 2 is 2.19 bits per heavy atom. The molecule has 2 saturated heterocycles.